The van der Waals surface area contributed by atoms with Gasteiger partial charge in [0.2, 0.25) is 0 Å². The molecular formula is C13H22O2. The monoisotopic (exact) mass is 210 g/mol. The third-order valence-electron chi connectivity index (χ3n) is 3.70. The van der Waals surface area contributed by atoms with E-state index in [1.54, 1.807) is 0 Å². The van der Waals surface area contributed by atoms with Crippen molar-refractivity contribution >= 4 is 0 Å². The Morgan fingerprint density at radius 3 is 2.67 bits per heavy atom. The lowest BCUT2D eigenvalue weighted by Gasteiger charge is -2.28. The van der Waals surface area contributed by atoms with Crippen LogP contribution in [0.25, 0.3) is 0 Å². The Hall–Kier alpha value is -0.340. The third kappa shape index (κ3) is 1.85. The summed E-state index contributed by atoms with van der Waals surface area (Å²) in [5, 5.41) is 0. The molecule has 1 aliphatic heterocycles. The minimum atomic E-state index is -0.175. The summed E-state index contributed by atoms with van der Waals surface area (Å²) in [5.74, 6) is 0.427. The highest BCUT2D eigenvalue weighted by Gasteiger charge is 2.47. The van der Waals surface area contributed by atoms with Crippen LogP contribution in [0.2, 0.25) is 0 Å². The van der Waals surface area contributed by atoms with E-state index in [9.17, 15) is 0 Å². The summed E-state index contributed by atoms with van der Waals surface area (Å²) in [6, 6.07) is 0. The normalized spacial score (nSPS) is 41.3. The van der Waals surface area contributed by atoms with Gasteiger partial charge < -0.3 is 9.47 Å². The zero-order valence-corrected chi connectivity index (χ0v) is 10.2. The van der Waals surface area contributed by atoms with E-state index in [0.29, 0.717) is 5.92 Å². The van der Waals surface area contributed by atoms with Crippen molar-refractivity contribution < 1.29 is 9.47 Å². The average Bonchev–Trinajstić information content (AvgIpc) is 2.76. The molecule has 0 aromatic heterocycles. The van der Waals surface area contributed by atoms with Gasteiger partial charge in [0, 0.05) is 5.92 Å². The SMILES string of the molecule is CC(C)[C@H]1O[C@@H](C)[C@](C)(C2=CCCC2)O1. The lowest BCUT2D eigenvalue weighted by atomic mass is 9.90. The summed E-state index contributed by atoms with van der Waals surface area (Å²) >= 11 is 0. The highest BCUT2D eigenvalue weighted by Crippen LogP contribution is 2.41. The van der Waals surface area contributed by atoms with Gasteiger partial charge in [0.05, 0.1) is 6.10 Å². The van der Waals surface area contributed by atoms with Crippen LogP contribution in [-0.4, -0.2) is 18.0 Å². The van der Waals surface area contributed by atoms with E-state index in [0.717, 1.165) is 0 Å². The molecule has 15 heavy (non-hydrogen) atoms. The molecule has 0 saturated carbocycles. The van der Waals surface area contributed by atoms with Crippen LogP contribution >= 0.6 is 0 Å². The molecule has 0 spiro atoms. The Morgan fingerprint density at radius 2 is 2.20 bits per heavy atom. The second-order valence-electron chi connectivity index (χ2n) is 5.24. The van der Waals surface area contributed by atoms with E-state index in [2.05, 4.69) is 33.8 Å². The molecule has 2 aliphatic rings. The number of rotatable bonds is 2. The molecule has 1 aliphatic carbocycles. The van der Waals surface area contributed by atoms with Gasteiger partial charge in [-0.1, -0.05) is 19.9 Å². The summed E-state index contributed by atoms with van der Waals surface area (Å²) in [4.78, 5) is 0. The number of ether oxygens (including phenoxy) is 2. The molecule has 0 bridgehead atoms. The molecule has 0 aromatic rings. The zero-order chi connectivity index (χ0) is 11.1. The first-order valence-corrected chi connectivity index (χ1v) is 6.07. The fourth-order valence-electron chi connectivity index (χ4n) is 2.45. The second-order valence-corrected chi connectivity index (χ2v) is 5.24. The van der Waals surface area contributed by atoms with Crippen LogP contribution in [0.4, 0.5) is 0 Å². The van der Waals surface area contributed by atoms with Gasteiger partial charge in [0.15, 0.2) is 6.29 Å². The predicted molar refractivity (Wildman–Crippen MR) is 60.6 cm³/mol. The molecule has 3 atom stereocenters. The molecule has 2 rings (SSSR count). The maximum atomic E-state index is 6.12. The van der Waals surface area contributed by atoms with Crippen LogP contribution in [0, 0.1) is 5.92 Å². The van der Waals surface area contributed by atoms with Gasteiger partial charge in [-0.25, -0.2) is 0 Å². The van der Waals surface area contributed by atoms with E-state index in [4.69, 9.17) is 9.47 Å². The molecule has 0 aromatic carbocycles. The number of hydrogen-bond acceptors (Lipinski definition) is 2. The van der Waals surface area contributed by atoms with E-state index in [1.807, 2.05) is 0 Å². The topological polar surface area (TPSA) is 18.5 Å². The van der Waals surface area contributed by atoms with E-state index < -0.39 is 0 Å². The Balaban J connectivity index is 2.14. The largest absolute Gasteiger partial charge is 0.346 e. The molecular weight excluding hydrogens is 188 g/mol. The van der Waals surface area contributed by atoms with Gasteiger partial charge in [-0.2, -0.15) is 0 Å². The van der Waals surface area contributed by atoms with Crippen LogP contribution < -0.4 is 0 Å². The molecule has 2 heteroatoms. The fraction of sp³-hybridized carbons (Fsp3) is 0.846. The van der Waals surface area contributed by atoms with Crippen molar-refractivity contribution in [2.75, 3.05) is 0 Å². The molecule has 1 fully saturated rings. The Morgan fingerprint density at radius 1 is 1.47 bits per heavy atom. The Labute approximate surface area is 92.6 Å². The second kappa shape index (κ2) is 3.91. The Kier molecular flexibility index (Phi) is 2.91. The van der Waals surface area contributed by atoms with E-state index >= 15 is 0 Å². The van der Waals surface area contributed by atoms with Gasteiger partial charge in [-0.3, -0.25) is 0 Å². The summed E-state index contributed by atoms with van der Waals surface area (Å²) in [6.07, 6.45) is 6.12. The molecule has 0 radical (unpaired) electrons. The maximum absolute atomic E-state index is 6.12. The van der Waals surface area contributed by atoms with Gasteiger partial charge in [-0.05, 0) is 38.7 Å². The minimum absolute atomic E-state index is 0.0356. The van der Waals surface area contributed by atoms with Crippen molar-refractivity contribution in [3.63, 3.8) is 0 Å². The first-order chi connectivity index (χ1) is 7.04. The highest BCUT2D eigenvalue weighted by molar-refractivity contribution is 5.23. The lowest BCUT2D eigenvalue weighted by molar-refractivity contribution is -0.104. The molecule has 0 N–H and O–H groups in total. The molecule has 0 unspecified atom stereocenters. The smallest absolute Gasteiger partial charge is 0.161 e. The quantitative estimate of drug-likeness (QED) is 0.651. The van der Waals surface area contributed by atoms with Crippen LogP contribution in [0.15, 0.2) is 11.6 Å². The van der Waals surface area contributed by atoms with Crippen molar-refractivity contribution in [2.45, 2.75) is 65.0 Å². The molecule has 86 valence electrons. The van der Waals surface area contributed by atoms with Crippen LogP contribution in [-0.2, 0) is 9.47 Å². The maximum Gasteiger partial charge on any atom is 0.161 e. The fourth-order valence-corrected chi connectivity index (χ4v) is 2.45. The third-order valence-corrected chi connectivity index (χ3v) is 3.70. The summed E-state index contributed by atoms with van der Waals surface area (Å²) < 4.78 is 12.0. The van der Waals surface area contributed by atoms with Gasteiger partial charge in [0.25, 0.3) is 0 Å². The van der Waals surface area contributed by atoms with Crippen molar-refractivity contribution in [2.24, 2.45) is 5.92 Å². The number of allylic oxidation sites excluding steroid dienone is 1. The molecule has 0 amide bonds. The zero-order valence-electron chi connectivity index (χ0n) is 10.2. The van der Waals surface area contributed by atoms with Crippen LogP contribution in [0.1, 0.15) is 47.0 Å². The lowest BCUT2D eigenvalue weighted by Crippen LogP contribution is -2.36. The van der Waals surface area contributed by atoms with Crippen molar-refractivity contribution in [3.8, 4) is 0 Å². The first-order valence-electron chi connectivity index (χ1n) is 6.07. The molecule has 1 saturated heterocycles. The summed E-state index contributed by atoms with van der Waals surface area (Å²) in [6.45, 7) is 8.59. The van der Waals surface area contributed by atoms with Gasteiger partial charge in [0.1, 0.15) is 5.60 Å². The van der Waals surface area contributed by atoms with Gasteiger partial charge in [-0.15, -0.1) is 0 Å². The number of hydrogen-bond donors (Lipinski definition) is 0. The van der Waals surface area contributed by atoms with Gasteiger partial charge >= 0.3 is 0 Å². The minimum Gasteiger partial charge on any atom is -0.346 e. The molecule has 2 nitrogen and oxygen atoms in total. The van der Waals surface area contributed by atoms with E-state index in [-0.39, 0.29) is 18.0 Å². The highest BCUT2D eigenvalue weighted by atomic mass is 16.7. The summed E-state index contributed by atoms with van der Waals surface area (Å²) in [5.41, 5.74) is 1.27. The summed E-state index contributed by atoms with van der Waals surface area (Å²) in [7, 11) is 0. The van der Waals surface area contributed by atoms with Crippen molar-refractivity contribution in [3.05, 3.63) is 11.6 Å². The first kappa shape index (κ1) is 11.2. The van der Waals surface area contributed by atoms with Crippen molar-refractivity contribution in [1.82, 2.24) is 0 Å². The van der Waals surface area contributed by atoms with E-state index in [1.165, 1.54) is 24.8 Å². The van der Waals surface area contributed by atoms with Crippen LogP contribution in [0.3, 0.4) is 0 Å². The van der Waals surface area contributed by atoms with Crippen LogP contribution in [0.5, 0.6) is 0 Å². The average molecular weight is 210 g/mol. The predicted octanol–water partition coefficient (Wildman–Crippen LogP) is 3.27. The van der Waals surface area contributed by atoms with Crippen molar-refractivity contribution in [1.29, 1.82) is 0 Å². The molecule has 1 heterocycles. The Bertz CT molecular complexity index is 270. The standard InChI is InChI=1S/C13H22O2/c1-9(2)12-14-10(3)13(4,15-12)11-7-5-6-8-11/h7,9-10,12H,5-6,8H2,1-4H3/t10-,12-,13+/m0/s1.